The van der Waals surface area contributed by atoms with Gasteiger partial charge in [-0.2, -0.15) is 0 Å². The summed E-state index contributed by atoms with van der Waals surface area (Å²) in [6.07, 6.45) is 7.02. The van der Waals surface area contributed by atoms with E-state index in [0.717, 1.165) is 19.3 Å². The van der Waals surface area contributed by atoms with E-state index in [4.69, 9.17) is 5.11 Å². The Hall–Kier alpha value is -1.33. The van der Waals surface area contributed by atoms with Crippen LogP contribution in [-0.4, -0.2) is 71.9 Å². The standard InChI is InChI=1S/C19H34N2O6.Li/c1-2-3-4-5-8-17(23)20-11-14-21(15-16-22,12-6-9-18(24)25)13-7-10-19(26)27;/h5,8,22H,2-4,6-7,9-16H2,1H3,(H2-,20,23,24,25,26,27);/q;+1/b8-5+;. The molecule has 0 aromatic rings. The first-order valence-corrected chi connectivity index (χ1v) is 9.67. The molecule has 1 amide bonds. The fraction of sp³-hybridized carbons (Fsp3) is 0.737. The molecule has 1 unspecified atom stereocenters. The Balaban J connectivity index is 0. The summed E-state index contributed by atoms with van der Waals surface area (Å²) in [6.45, 7) is 4.23. The van der Waals surface area contributed by atoms with Gasteiger partial charge in [-0.15, -0.1) is 0 Å². The van der Waals surface area contributed by atoms with Gasteiger partial charge >= 0.3 is 24.8 Å². The molecule has 0 bridgehead atoms. The first-order chi connectivity index (χ1) is 12.8. The van der Waals surface area contributed by atoms with Crippen molar-refractivity contribution in [3.05, 3.63) is 12.2 Å². The summed E-state index contributed by atoms with van der Waals surface area (Å²) in [7, 11) is 0. The number of unbranched alkanes of at least 4 members (excludes halogenated alkanes) is 2. The number of amides is 1. The number of aliphatic hydroxyl groups is 1. The molecule has 1 atom stereocenters. The summed E-state index contributed by atoms with van der Waals surface area (Å²) in [4.78, 5) is 33.3. The number of aliphatic carboxylic acids is 2. The summed E-state index contributed by atoms with van der Waals surface area (Å²) in [6, 6.07) is 0. The van der Waals surface area contributed by atoms with Gasteiger partial charge in [0, 0.05) is 18.8 Å². The molecule has 0 aliphatic rings. The summed E-state index contributed by atoms with van der Waals surface area (Å²) >= 11 is 0. The van der Waals surface area contributed by atoms with Gasteiger partial charge in [0.05, 0.1) is 39.2 Å². The Kier molecular flexibility index (Phi) is 18.3. The van der Waals surface area contributed by atoms with Gasteiger partial charge in [0.2, 0.25) is 5.91 Å². The van der Waals surface area contributed by atoms with E-state index in [2.05, 4.69) is 12.2 Å². The van der Waals surface area contributed by atoms with Crippen molar-refractivity contribution >= 4 is 17.8 Å². The largest absolute Gasteiger partial charge is 1.00 e. The maximum Gasteiger partial charge on any atom is 1.00 e. The van der Waals surface area contributed by atoms with Gasteiger partial charge in [-0.05, 0) is 18.9 Å². The number of nitrogens with zero attached hydrogens (tertiary/aromatic N) is 1. The molecule has 0 fully saturated rings. The second kappa shape index (κ2) is 17.7. The fourth-order valence-corrected chi connectivity index (χ4v) is 2.99. The molecule has 3 N–H and O–H groups in total. The van der Waals surface area contributed by atoms with Crippen LogP contribution in [0.15, 0.2) is 12.2 Å². The molecule has 0 aromatic heterocycles. The molecular weight excluding hydrogens is 359 g/mol. The Morgan fingerprint density at radius 3 is 2.21 bits per heavy atom. The minimum absolute atomic E-state index is 0. The third-order valence-electron chi connectivity index (χ3n) is 4.49. The van der Waals surface area contributed by atoms with Crippen LogP contribution in [0, 0.1) is 0 Å². The number of aliphatic hydroxyl groups excluding tert-OH is 1. The van der Waals surface area contributed by atoms with Gasteiger partial charge < -0.3 is 29.9 Å². The van der Waals surface area contributed by atoms with Crippen molar-refractivity contribution in [1.82, 2.24) is 5.32 Å². The fourth-order valence-electron chi connectivity index (χ4n) is 2.99. The van der Waals surface area contributed by atoms with Crippen LogP contribution >= 0.6 is 0 Å². The Morgan fingerprint density at radius 1 is 1.04 bits per heavy atom. The molecule has 0 radical (unpaired) electrons. The van der Waals surface area contributed by atoms with Crippen LogP contribution in [0.5, 0.6) is 0 Å². The predicted molar refractivity (Wildman–Crippen MR) is 99.6 cm³/mol. The molecule has 8 nitrogen and oxygen atoms in total. The minimum Gasteiger partial charge on any atom is -0.550 e. The van der Waals surface area contributed by atoms with E-state index in [9.17, 15) is 24.6 Å². The molecule has 0 heterocycles. The number of hydrogen-bond donors (Lipinski definition) is 3. The number of carboxylic acid groups (broad SMARTS) is 2. The van der Waals surface area contributed by atoms with Crippen molar-refractivity contribution in [2.24, 2.45) is 0 Å². The number of hydrogen-bond acceptors (Lipinski definition) is 5. The van der Waals surface area contributed by atoms with E-state index in [1.54, 1.807) is 0 Å². The molecule has 0 aliphatic heterocycles. The maximum absolute atomic E-state index is 11.8. The van der Waals surface area contributed by atoms with Crippen LogP contribution in [0.3, 0.4) is 0 Å². The molecule has 156 valence electrons. The normalized spacial score (nSPS) is 12.9. The molecule has 0 aliphatic carbocycles. The van der Waals surface area contributed by atoms with Gasteiger partial charge in [-0.1, -0.05) is 25.8 Å². The summed E-state index contributed by atoms with van der Waals surface area (Å²) in [5.41, 5.74) is 0. The van der Waals surface area contributed by atoms with Crippen molar-refractivity contribution < 1.29 is 53.0 Å². The van der Waals surface area contributed by atoms with E-state index in [-0.39, 0.29) is 44.2 Å². The molecule has 28 heavy (non-hydrogen) atoms. The zero-order chi connectivity index (χ0) is 20.5. The summed E-state index contributed by atoms with van der Waals surface area (Å²) in [5.74, 6) is -2.21. The van der Waals surface area contributed by atoms with E-state index in [0.29, 0.717) is 50.0 Å². The third kappa shape index (κ3) is 15.7. The van der Waals surface area contributed by atoms with Crippen LogP contribution in [0.4, 0.5) is 0 Å². The predicted octanol–water partition coefficient (Wildman–Crippen LogP) is -2.94. The zero-order valence-electron chi connectivity index (χ0n) is 17.3. The molecule has 0 aromatic carbocycles. The van der Waals surface area contributed by atoms with Crippen LogP contribution in [-0.2, 0) is 14.4 Å². The van der Waals surface area contributed by atoms with Gasteiger partial charge in [0.25, 0.3) is 0 Å². The Morgan fingerprint density at radius 2 is 1.68 bits per heavy atom. The molecule has 0 saturated carbocycles. The Labute approximate surface area is 179 Å². The number of carbonyl (C=O) groups excluding carboxylic acids is 2. The van der Waals surface area contributed by atoms with E-state index >= 15 is 0 Å². The minimum atomic E-state index is -1.13. The monoisotopic (exact) mass is 393 g/mol. The number of nitrogens with one attached hydrogen (secondary N) is 1. The SMILES string of the molecule is CCCC/C=C/C(=O)NCC[N+](CCO)(CCCC(=O)[O-])CCCC(=O)O.[Li+]. The van der Waals surface area contributed by atoms with Crippen molar-refractivity contribution in [1.29, 1.82) is 0 Å². The zero-order valence-corrected chi connectivity index (χ0v) is 17.3. The number of carboxylic acids is 2. The van der Waals surface area contributed by atoms with E-state index < -0.39 is 11.9 Å². The summed E-state index contributed by atoms with van der Waals surface area (Å²) < 4.78 is 0.372. The molecule has 0 saturated heterocycles. The maximum atomic E-state index is 11.8. The molecular formula is C19H34LiN2O6+. The van der Waals surface area contributed by atoms with Gasteiger partial charge in [-0.3, -0.25) is 9.59 Å². The average molecular weight is 393 g/mol. The molecule has 0 rings (SSSR count). The topological polar surface area (TPSA) is 127 Å². The average Bonchev–Trinajstić information content (AvgIpc) is 2.58. The van der Waals surface area contributed by atoms with Crippen molar-refractivity contribution in [3.63, 3.8) is 0 Å². The van der Waals surface area contributed by atoms with Gasteiger partial charge in [-0.25, -0.2) is 0 Å². The van der Waals surface area contributed by atoms with E-state index in [1.807, 2.05) is 6.08 Å². The van der Waals surface area contributed by atoms with Crippen molar-refractivity contribution in [2.75, 3.05) is 39.3 Å². The molecule has 9 heteroatoms. The molecule has 0 spiro atoms. The van der Waals surface area contributed by atoms with Crippen molar-refractivity contribution in [2.45, 2.75) is 51.9 Å². The van der Waals surface area contributed by atoms with Gasteiger partial charge in [0.1, 0.15) is 6.54 Å². The van der Waals surface area contributed by atoms with Crippen LogP contribution in [0.2, 0.25) is 0 Å². The first kappa shape index (κ1) is 28.9. The van der Waals surface area contributed by atoms with Gasteiger partial charge in [0.15, 0.2) is 0 Å². The number of allylic oxidation sites excluding steroid dienone is 1. The van der Waals surface area contributed by atoms with Crippen LogP contribution in [0.25, 0.3) is 0 Å². The first-order valence-electron chi connectivity index (χ1n) is 9.67. The second-order valence-corrected chi connectivity index (χ2v) is 6.77. The van der Waals surface area contributed by atoms with Crippen molar-refractivity contribution in [3.8, 4) is 0 Å². The second-order valence-electron chi connectivity index (χ2n) is 6.77. The Bertz CT molecular complexity index is 465. The van der Waals surface area contributed by atoms with Crippen LogP contribution < -0.4 is 29.3 Å². The summed E-state index contributed by atoms with van der Waals surface area (Å²) in [5, 5.41) is 31.8. The van der Waals surface area contributed by atoms with E-state index in [1.165, 1.54) is 6.08 Å². The quantitative estimate of drug-likeness (QED) is 0.105. The third-order valence-corrected chi connectivity index (χ3v) is 4.49. The number of carbonyl (C=O) groups is 3. The number of quaternary nitrogens is 1. The number of rotatable bonds is 17. The smallest absolute Gasteiger partial charge is 0.550 e. The van der Waals surface area contributed by atoms with Crippen LogP contribution in [0.1, 0.15) is 51.9 Å².